The van der Waals surface area contributed by atoms with Gasteiger partial charge in [-0.3, -0.25) is 0 Å². The molecule has 0 spiro atoms. The summed E-state index contributed by atoms with van der Waals surface area (Å²) in [5.41, 5.74) is -0.204. The van der Waals surface area contributed by atoms with Crippen molar-refractivity contribution in [3.63, 3.8) is 0 Å². The monoisotopic (exact) mass is 254 g/mol. The Morgan fingerprint density at radius 2 is 1.67 bits per heavy atom. The normalized spacial score (nSPS) is 11.2. The Balaban J connectivity index is 2.40. The highest BCUT2D eigenvalue weighted by Gasteiger charge is 2.16. The molecule has 0 bridgehead atoms. The summed E-state index contributed by atoms with van der Waals surface area (Å²) in [7, 11) is -0.133. The Labute approximate surface area is 107 Å². The zero-order valence-electron chi connectivity index (χ0n) is 10.9. The SMILES string of the molecule is COC(C)(C)CCOc1ccc(OB(O)O)cc1. The van der Waals surface area contributed by atoms with E-state index in [9.17, 15) is 0 Å². The summed E-state index contributed by atoms with van der Waals surface area (Å²) in [4.78, 5) is 0. The molecule has 100 valence electrons. The van der Waals surface area contributed by atoms with Crippen LogP contribution >= 0.6 is 0 Å². The highest BCUT2D eigenvalue weighted by molar-refractivity contribution is 6.33. The van der Waals surface area contributed by atoms with Crippen LogP contribution < -0.4 is 9.39 Å². The van der Waals surface area contributed by atoms with Gasteiger partial charge in [-0.1, -0.05) is 0 Å². The highest BCUT2D eigenvalue weighted by Crippen LogP contribution is 2.19. The van der Waals surface area contributed by atoms with Crippen LogP contribution in [0.3, 0.4) is 0 Å². The third-order valence-corrected chi connectivity index (χ3v) is 2.59. The molecule has 0 saturated carbocycles. The van der Waals surface area contributed by atoms with Crippen molar-refractivity contribution in [1.82, 2.24) is 0 Å². The lowest BCUT2D eigenvalue weighted by molar-refractivity contribution is 0.00545. The van der Waals surface area contributed by atoms with E-state index in [1.165, 1.54) is 0 Å². The molecule has 1 rings (SSSR count). The standard InChI is InChI=1S/C12H19BO5/c1-12(2,16-3)8-9-17-10-4-6-11(7-5-10)18-13(14)15/h4-7,14-15H,8-9H2,1-3H3. The van der Waals surface area contributed by atoms with Crippen LogP contribution in [-0.4, -0.2) is 36.7 Å². The minimum atomic E-state index is -1.81. The molecule has 18 heavy (non-hydrogen) atoms. The van der Waals surface area contributed by atoms with E-state index in [0.29, 0.717) is 18.1 Å². The molecule has 0 aliphatic heterocycles. The molecule has 0 aliphatic rings. The number of methoxy groups -OCH3 is 1. The molecule has 0 radical (unpaired) electrons. The smallest absolute Gasteiger partial charge is 0.512 e. The molecule has 1 aromatic carbocycles. The molecule has 1 aromatic rings. The van der Waals surface area contributed by atoms with Gasteiger partial charge in [-0.25, -0.2) is 0 Å². The second-order valence-electron chi connectivity index (χ2n) is 4.48. The number of hydrogen-bond acceptors (Lipinski definition) is 5. The largest absolute Gasteiger partial charge is 0.707 e. The lowest BCUT2D eigenvalue weighted by atomic mass is 10.1. The third-order valence-electron chi connectivity index (χ3n) is 2.59. The fraction of sp³-hybridized carbons (Fsp3) is 0.500. The predicted molar refractivity (Wildman–Crippen MR) is 68.5 cm³/mol. The van der Waals surface area contributed by atoms with Crippen molar-refractivity contribution in [2.75, 3.05) is 13.7 Å². The second kappa shape index (κ2) is 6.63. The van der Waals surface area contributed by atoms with Crippen molar-refractivity contribution in [3.05, 3.63) is 24.3 Å². The van der Waals surface area contributed by atoms with E-state index in [1.807, 2.05) is 13.8 Å². The van der Waals surface area contributed by atoms with Crippen LogP contribution in [0.25, 0.3) is 0 Å². The topological polar surface area (TPSA) is 68.2 Å². The fourth-order valence-corrected chi connectivity index (χ4v) is 1.25. The Morgan fingerprint density at radius 1 is 1.11 bits per heavy atom. The second-order valence-corrected chi connectivity index (χ2v) is 4.48. The molecule has 0 aromatic heterocycles. The van der Waals surface area contributed by atoms with Crippen molar-refractivity contribution in [1.29, 1.82) is 0 Å². The van der Waals surface area contributed by atoms with Crippen molar-refractivity contribution < 1.29 is 24.2 Å². The number of hydrogen-bond donors (Lipinski definition) is 2. The zero-order valence-corrected chi connectivity index (χ0v) is 10.9. The van der Waals surface area contributed by atoms with Crippen LogP contribution in [0.2, 0.25) is 0 Å². The maximum absolute atomic E-state index is 8.62. The van der Waals surface area contributed by atoms with Gasteiger partial charge in [0.1, 0.15) is 11.5 Å². The zero-order chi connectivity index (χ0) is 13.6. The minimum absolute atomic E-state index is 0.204. The van der Waals surface area contributed by atoms with Gasteiger partial charge in [0.25, 0.3) is 0 Å². The first kappa shape index (κ1) is 14.8. The average Bonchev–Trinajstić information content (AvgIpc) is 2.30. The first-order chi connectivity index (χ1) is 8.43. The maximum Gasteiger partial charge on any atom is 0.707 e. The van der Waals surface area contributed by atoms with E-state index in [-0.39, 0.29) is 5.60 Å². The molecular formula is C12H19BO5. The average molecular weight is 254 g/mol. The quantitative estimate of drug-likeness (QED) is 0.716. The third kappa shape index (κ3) is 5.40. The predicted octanol–water partition coefficient (Wildman–Crippen LogP) is 1.23. The Hall–Kier alpha value is -1.24. The van der Waals surface area contributed by atoms with E-state index < -0.39 is 7.32 Å². The molecule has 0 heterocycles. The molecule has 0 aliphatic carbocycles. The van der Waals surface area contributed by atoms with Gasteiger partial charge in [0.05, 0.1) is 12.2 Å². The summed E-state index contributed by atoms with van der Waals surface area (Å²) in [6.45, 7) is 4.54. The minimum Gasteiger partial charge on any atom is -0.512 e. The van der Waals surface area contributed by atoms with Crippen LogP contribution in [0.4, 0.5) is 0 Å². The van der Waals surface area contributed by atoms with Crippen LogP contribution in [-0.2, 0) is 4.74 Å². The number of benzene rings is 1. The Bertz CT molecular complexity index is 350. The molecular weight excluding hydrogens is 235 g/mol. The summed E-state index contributed by atoms with van der Waals surface area (Å²) in [6, 6.07) is 6.63. The van der Waals surface area contributed by atoms with E-state index >= 15 is 0 Å². The summed E-state index contributed by atoms with van der Waals surface area (Å²) in [6.07, 6.45) is 0.775. The van der Waals surface area contributed by atoms with Crippen LogP contribution in [0.5, 0.6) is 11.5 Å². The van der Waals surface area contributed by atoms with Gasteiger partial charge in [-0.2, -0.15) is 0 Å². The van der Waals surface area contributed by atoms with Crippen molar-refractivity contribution in [2.24, 2.45) is 0 Å². The van der Waals surface area contributed by atoms with Crippen molar-refractivity contribution in [3.8, 4) is 11.5 Å². The van der Waals surface area contributed by atoms with Gasteiger partial charge in [0.2, 0.25) is 0 Å². The fourth-order valence-electron chi connectivity index (χ4n) is 1.25. The molecule has 0 fully saturated rings. The molecule has 0 unspecified atom stereocenters. The molecule has 0 saturated heterocycles. The van der Waals surface area contributed by atoms with Gasteiger partial charge >= 0.3 is 7.32 Å². The molecule has 2 N–H and O–H groups in total. The van der Waals surface area contributed by atoms with Crippen molar-refractivity contribution in [2.45, 2.75) is 25.9 Å². The van der Waals surface area contributed by atoms with Gasteiger partial charge in [-0.05, 0) is 38.1 Å². The number of ether oxygens (including phenoxy) is 2. The lowest BCUT2D eigenvalue weighted by Gasteiger charge is -2.22. The first-order valence-corrected chi connectivity index (χ1v) is 5.74. The maximum atomic E-state index is 8.62. The summed E-state index contributed by atoms with van der Waals surface area (Å²) >= 11 is 0. The van der Waals surface area contributed by atoms with Gasteiger partial charge < -0.3 is 24.2 Å². The molecule has 6 heteroatoms. The lowest BCUT2D eigenvalue weighted by Crippen LogP contribution is -2.25. The Morgan fingerprint density at radius 3 is 2.17 bits per heavy atom. The van der Waals surface area contributed by atoms with E-state index in [2.05, 4.69) is 4.65 Å². The summed E-state index contributed by atoms with van der Waals surface area (Å²) in [5, 5.41) is 17.2. The van der Waals surface area contributed by atoms with Crippen LogP contribution in [0.15, 0.2) is 24.3 Å². The molecule has 0 amide bonds. The van der Waals surface area contributed by atoms with E-state index in [0.717, 1.165) is 6.42 Å². The first-order valence-electron chi connectivity index (χ1n) is 5.74. The number of rotatable bonds is 7. The van der Waals surface area contributed by atoms with Gasteiger partial charge in [-0.15, -0.1) is 0 Å². The van der Waals surface area contributed by atoms with Gasteiger partial charge in [0, 0.05) is 13.5 Å². The van der Waals surface area contributed by atoms with Gasteiger partial charge in [0.15, 0.2) is 0 Å². The highest BCUT2D eigenvalue weighted by atomic mass is 16.6. The summed E-state index contributed by atoms with van der Waals surface area (Å²) < 4.78 is 15.5. The van der Waals surface area contributed by atoms with E-state index in [4.69, 9.17) is 19.5 Å². The molecule has 0 atom stereocenters. The Kier molecular flexibility index (Phi) is 5.46. The van der Waals surface area contributed by atoms with Crippen molar-refractivity contribution >= 4 is 7.32 Å². The summed E-state index contributed by atoms with van der Waals surface area (Å²) in [5.74, 6) is 1.07. The van der Waals surface area contributed by atoms with Crippen LogP contribution in [0, 0.1) is 0 Å². The van der Waals surface area contributed by atoms with Crippen LogP contribution in [0.1, 0.15) is 20.3 Å². The van der Waals surface area contributed by atoms with E-state index in [1.54, 1.807) is 31.4 Å². The molecule has 5 nitrogen and oxygen atoms in total.